The quantitative estimate of drug-likeness (QED) is 0.774. The predicted octanol–water partition coefficient (Wildman–Crippen LogP) is 1.32. The van der Waals surface area contributed by atoms with Crippen LogP contribution in [0.1, 0.15) is 18.4 Å². The van der Waals surface area contributed by atoms with Crippen LogP contribution in [0.3, 0.4) is 0 Å². The third-order valence-corrected chi connectivity index (χ3v) is 5.57. The van der Waals surface area contributed by atoms with Gasteiger partial charge in [-0.25, -0.2) is 8.42 Å². The van der Waals surface area contributed by atoms with Crippen molar-refractivity contribution in [2.24, 2.45) is 0 Å². The molecule has 0 aromatic heterocycles. The van der Waals surface area contributed by atoms with Gasteiger partial charge < -0.3 is 9.80 Å². The molecule has 7 heteroatoms. The van der Waals surface area contributed by atoms with E-state index in [9.17, 15) is 13.2 Å². The van der Waals surface area contributed by atoms with E-state index in [1.807, 2.05) is 37.1 Å². The van der Waals surface area contributed by atoms with Crippen molar-refractivity contribution in [3.05, 3.63) is 29.8 Å². The van der Waals surface area contributed by atoms with Gasteiger partial charge in [-0.3, -0.25) is 9.10 Å². The number of carbonyl (C=O) groups excluding carboxylic acids is 1. The molecule has 0 saturated carbocycles. The summed E-state index contributed by atoms with van der Waals surface area (Å²) in [7, 11) is -1.32. The predicted molar refractivity (Wildman–Crippen MR) is 96.7 cm³/mol. The minimum Gasteiger partial charge on any atom is -0.340 e. The summed E-state index contributed by atoms with van der Waals surface area (Å²) in [5.41, 5.74) is 1.60. The maximum Gasteiger partial charge on any atom is 0.232 e. The van der Waals surface area contributed by atoms with E-state index < -0.39 is 10.0 Å². The molecule has 0 atom stereocenters. The van der Waals surface area contributed by atoms with Crippen LogP contribution in [-0.2, 0) is 14.8 Å². The molecule has 1 aliphatic heterocycles. The number of anilines is 1. The Morgan fingerprint density at radius 1 is 1.17 bits per heavy atom. The monoisotopic (exact) mass is 353 g/mol. The minimum absolute atomic E-state index is 0.112. The normalized spacial score (nSPS) is 16.2. The highest BCUT2D eigenvalue weighted by Gasteiger charge is 2.21. The number of amides is 1. The molecule has 0 N–H and O–H groups in total. The number of carbonyl (C=O) groups is 1. The van der Waals surface area contributed by atoms with Gasteiger partial charge in [0.15, 0.2) is 0 Å². The Morgan fingerprint density at radius 3 is 2.38 bits per heavy atom. The molecule has 6 nitrogen and oxygen atoms in total. The van der Waals surface area contributed by atoms with Crippen molar-refractivity contribution < 1.29 is 13.2 Å². The maximum atomic E-state index is 12.3. The molecule has 1 heterocycles. The zero-order valence-corrected chi connectivity index (χ0v) is 15.6. The Hall–Kier alpha value is -1.60. The third-order valence-electron chi connectivity index (χ3n) is 4.39. The van der Waals surface area contributed by atoms with Crippen molar-refractivity contribution in [1.82, 2.24) is 9.80 Å². The van der Waals surface area contributed by atoms with Gasteiger partial charge in [-0.15, -0.1) is 0 Å². The number of piperazine rings is 1. The van der Waals surface area contributed by atoms with E-state index in [4.69, 9.17) is 0 Å². The number of sulfonamides is 1. The number of hydrogen-bond acceptors (Lipinski definition) is 4. The summed E-state index contributed by atoms with van der Waals surface area (Å²) in [5.74, 6) is 0.112. The van der Waals surface area contributed by atoms with E-state index in [2.05, 4.69) is 4.90 Å². The van der Waals surface area contributed by atoms with E-state index in [-0.39, 0.29) is 5.91 Å². The van der Waals surface area contributed by atoms with Gasteiger partial charge in [0.25, 0.3) is 0 Å². The fourth-order valence-corrected chi connectivity index (χ4v) is 3.92. The summed E-state index contributed by atoms with van der Waals surface area (Å²) in [5, 5.41) is 0. The van der Waals surface area contributed by atoms with Gasteiger partial charge in [0.1, 0.15) is 0 Å². The Morgan fingerprint density at radius 2 is 1.79 bits per heavy atom. The smallest absolute Gasteiger partial charge is 0.232 e. The van der Waals surface area contributed by atoms with Crippen LogP contribution in [0, 0.1) is 6.92 Å². The van der Waals surface area contributed by atoms with Crippen molar-refractivity contribution in [3.8, 4) is 0 Å². The lowest BCUT2D eigenvalue weighted by molar-refractivity contribution is -0.132. The molecule has 1 aliphatic rings. The number of para-hydroxylation sites is 1. The third kappa shape index (κ3) is 4.95. The Labute approximate surface area is 145 Å². The number of rotatable bonds is 6. The standard InChI is InChI=1S/C17H27N3O3S/c1-15-7-4-5-8-16(15)20(24(3,22)23)10-6-9-17(21)19-13-11-18(2)12-14-19/h4-5,7-8H,6,9-14H2,1-3H3. The highest BCUT2D eigenvalue weighted by molar-refractivity contribution is 7.92. The number of nitrogens with zero attached hydrogens (tertiary/aromatic N) is 3. The average molecular weight is 353 g/mol. The summed E-state index contributed by atoms with van der Waals surface area (Å²) in [6.45, 7) is 5.51. The first kappa shape index (κ1) is 18.7. The van der Waals surface area contributed by atoms with E-state index >= 15 is 0 Å². The average Bonchev–Trinajstić information content (AvgIpc) is 2.52. The molecular formula is C17H27N3O3S. The second-order valence-electron chi connectivity index (χ2n) is 6.41. The molecule has 1 fully saturated rings. The van der Waals surface area contributed by atoms with Crippen molar-refractivity contribution in [1.29, 1.82) is 0 Å². The van der Waals surface area contributed by atoms with E-state index in [0.29, 0.717) is 25.1 Å². The second kappa shape index (κ2) is 7.98. The molecule has 0 radical (unpaired) electrons. The molecule has 24 heavy (non-hydrogen) atoms. The molecule has 1 saturated heterocycles. The van der Waals surface area contributed by atoms with Crippen LogP contribution in [-0.4, -0.2) is 70.2 Å². The number of benzene rings is 1. The van der Waals surface area contributed by atoms with Gasteiger partial charge in [-0.1, -0.05) is 18.2 Å². The van der Waals surface area contributed by atoms with E-state index in [1.165, 1.54) is 10.6 Å². The molecule has 2 rings (SSSR count). The molecule has 1 amide bonds. The summed E-state index contributed by atoms with van der Waals surface area (Å²) in [6.07, 6.45) is 2.11. The first-order valence-electron chi connectivity index (χ1n) is 8.28. The molecule has 0 spiro atoms. The SMILES string of the molecule is Cc1ccccc1N(CCCC(=O)N1CCN(C)CC1)S(C)(=O)=O. The fourth-order valence-electron chi connectivity index (χ4n) is 2.90. The first-order valence-corrected chi connectivity index (χ1v) is 10.1. The molecule has 134 valence electrons. The highest BCUT2D eigenvalue weighted by Crippen LogP contribution is 2.22. The van der Waals surface area contributed by atoms with Gasteiger partial charge in [-0.05, 0) is 32.0 Å². The van der Waals surface area contributed by atoms with Crippen LogP contribution in [0.4, 0.5) is 5.69 Å². The minimum atomic E-state index is -3.37. The Balaban J connectivity index is 1.95. The van der Waals surface area contributed by atoms with Crippen LogP contribution in [0.2, 0.25) is 0 Å². The van der Waals surface area contributed by atoms with Gasteiger partial charge in [0.05, 0.1) is 11.9 Å². The summed E-state index contributed by atoms with van der Waals surface area (Å²) >= 11 is 0. The lowest BCUT2D eigenvalue weighted by Gasteiger charge is -2.32. The van der Waals surface area contributed by atoms with Crippen molar-refractivity contribution in [2.75, 3.05) is 50.3 Å². The Bertz CT molecular complexity index is 667. The summed E-state index contributed by atoms with van der Waals surface area (Å²) < 4.78 is 25.6. The molecule has 1 aromatic rings. The largest absolute Gasteiger partial charge is 0.340 e. The molecule has 0 bridgehead atoms. The molecule has 1 aromatic carbocycles. The van der Waals surface area contributed by atoms with Gasteiger partial charge in [0, 0.05) is 39.1 Å². The van der Waals surface area contributed by atoms with Gasteiger partial charge in [-0.2, -0.15) is 0 Å². The summed E-state index contributed by atoms with van der Waals surface area (Å²) in [6, 6.07) is 7.41. The topological polar surface area (TPSA) is 60.9 Å². The van der Waals surface area contributed by atoms with Crippen LogP contribution in [0.5, 0.6) is 0 Å². The number of hydrogen-bond donors (Lipinski definition) is 0. The molecular weight excluding hydrogens is 326 g/mol. The van der Waals surface area contributed by atoms with Crippen LogP contribution in [0.25, 0.3) is 0 Å². The number of likely N-dealkylation sites (N-methyl/N-ethyl adjacent to an activating group) is 1. The lowest BCUT2D eigenvalue weighted by Crippen LogP contribution is -2.47. The van der Waals surface area contributed by atoms with E-state index in [1.54, 1.807) is 6.07 Å². The lowest BCUT2D eigenvalue weighted by atomic mass is 10.2. The fraction of sp³-hybridized carbons (Fsp3) is 0.588. The zero-order chi connectivity index (χ0) is 17.7. The van der Waals surface area contributed by atoms with E-state index in [0.717, 1.165) is 31.7 Å². The van der Waals surface area contributed by atoms with Gasteiger partial charge in [0.2, 0.25) is 15.9 Å². The first-order chi connectivity index (χ1) is 11.3. The highest BCUT2D eigenvalue weighted by atomic mass is 32.2. The second-order valence-corrected chi connectivity index (χ2v) is 8.32. The maximum absolute atomic E-state index is 12.3. The van der Waals surface area contributed by atoms with Crippen molar-refractivity contribution in [2.45, 2.75) is 19.8 Å². The van der Waals surface area contributed by atoms with Crippen LogP contribution in [0.15, 0.2) is 24.3 Å². The number of aryl methyl sites for hydroxylation is 1. The molecule has 0 aliphatic carbocycles. The van der Waals surface area contributed by atoms with Crippen molar-refractivity contribution >= 4 is 21.6 Å². The molecule has 0 unspecified atom stereocenters. The zero-order valence-electron chi connectivity index (χ0n) is 14.7. The van der Waals surface area contributed by atoms with Crippen LogP contribution < -0.4 is 4.31 Å². The summed E-state index contributed by atoms with van der Waals surface area (Å²) in [4.78, 5) is 16.4. The van der Waals surface area contributed by atoms with Crippen molar-refractivity contribution in [3.63, 3.8) is 0 Å². The van der Waals surface area contributed by atoms with Crippen LogP contribution >= 0.6 is 0 Å². The Kier molecular flexibility index (Phi) is 6.23. The van der Waals surface area contributed by atoms with Gasteiger partial charge >= 0.3 is 0 Å².